The average molecular weight is 513 g/mol. The number of aliphatic imine (C=N–C) groups is 1. The van der Waals surface area contributed by atoms with Gasteiger partial charge in [-0.05, 0) is 56.4 Å². The molecule has 1 aromatic heterocycles. The Kier molecular flexibility index (Phi) is 8.23. The summed E-state index contributed by atoms with van der Waals surface area (Å²) in [5.41, 5.74) is 4.31. The summed E-state index contributed by atoms with van der Waals surface area (Å²) in [6, 6.07) is 22.1. The molecular formula is C30H32N4O4. The van der Waals surface area contributed by atoms with E-state index in [9.17, 15) is 14.7 Å². The number of carbonyl (C=O) groups is 2. The minimum atomic E-state index is -0.458. The third-order valence-electron chi connectivity index (χ3n) is 6.35. The SMILES string of the molecule is CCCN(C)CC(=O)N(C)c1ccc(N=C(c2ccccc2)c2c(O)[nH]c3cc(C(=O)OC)ccc23)cc1. The normalized spacial score (nSPS) is 11.7. The number of methoxy groups -OCH3 is 1. The number of fused-ring (bicyclic) bond motifs is 1. The van der Waals surface area contributed by atoms with Gasteiger partial charge in [0.25, 0.3) is 0 Å². The summed E-state index contributed by atoms with van der Waals surface area (Å²) in [4.78, 5) is 36.2. The Hall–Kier alpha value is -4.43. The summed E-state index contributed by atoms with van der Waals surface area (Å²) in [5, 5.41) is 11.6. The van der Waals surface area contributed by atoms with Crippen LogP contribution in [0.25, 0.3) is 10.9 Å². The first kappa shape index (κ1) is 26.6. The number of rotatable bonds is 9. The van der Waals surface area contributed by atoms with Gasteiger partial charge in [0, 0.05) is 29.2 Å². The van der Waals surface area contributed by atoms with Crippen molar-refractivity contribution in [3.8, 4) is 5.88 Å². The maximum atomic E-state index is 12.7. The van der Waals surface area contributed by atoms with Crippen molar-refractivity contribution < 1.29 is 19.4 Å². The predicted molar refractivity (Wildman–Crippen MR) is 151 cm³/mol. The molecule has 2 N–H and O–H groups in total. The molecule has 4 rings (SSSR count). The lowest BCUT2D eigenvalue weighted by Crippen LogP contribution is -2.36. The maximum absolute atomic E-state index is 12.7. The summed E-state index contributed by atoms with van der Waals surface area (Å²) in [6.07, 6.45) is 0.988. The molecule has 0 bridgehead atoms. The van der Waals surface area contributed by atoms with E-state index >= 15 is 0 Å². The number of amides is 1. The molecule has 0 saturated carbocycles. The fraction of sp³-hybridized carbons (Fsp3) is 0.233. The van der Waals surface area contributed by atoms with Crippen molar-refractivity contribution in [2.75, 3.05) is 39.2 Å². The molecule has 1 heterocycles. The number of likely N-dealkylation sites (N-methyl/N-ethyl adjacent to an activating group) is 2. The Balaban J connectivity index is 1.71. The number of carbonyl (C=O) groups excluding carboxylic acids is 2. The Morgan fingerprint density at radius 2 is 1.68 bits per heavy atom. The first-order valence-corrected chi connectivity index (χ1v) is 12.4. The topological polar surface area (TPSA) is 98.2 Å². The minimum Gasteiger partial charge on any atom is -0.494 e. The van der Waals surface area contributed by atoms with Crippen LogP contribution in [0.15, 0.2) is 77.8 Å². The quantitative estimate of drug-likeness (QED) is 0.239. The third-order valence-corrected chi connectivity index (χ3v) is 6.35. The molecule has 0 radical (unpaired) electrons. The van der Waals surface area contributed by atoms with E-state index in [4.69, 9.17) is 9.73 Å². The number of ether oxygens (including phenoxy) is 1. The number of hydrogen-bond acceptors (Lipinski definition) is 6. The number of H-pyrrole nitrogens is 1. The first-order chi connectivity index (χ1) is 18.3. The summed E-state index contributed by atoms with van der Waals surface area (Å²) >= 11 is 0. The summed E-state index contributed by atoms with van der Waals surface area (Å²) in [5.74, 6) is -0.500. The summed E-state index contributed by atoms with van der Waals surface area (Å²) in [6.45, 7) is 3.29. The number of anilines is 1. The van der Waals surface area contributed by atoms with Gasteiger partial charge in [0.2, 0.25) is 5.91 Å². The van der Waals surface area contributed by atoms with E-state index in [1.54, 1.807) is 30.1 Å². The maximum Gasteiger partial charge on any atom is 0.337 e. The number of esters is 1. The van der Waals surface area contributed by atoms with Crippen LogP contribution in [0.5, 0.6) is 5.88 Å². The van der Waals surface area contributed by atoms with E-state index in [1.165, 1.54) is 7.11 Å². The molecule has 1 amide bonds. The van der Waals surface area contributed by atoms with Gasteiger partial charge in [-0.15, -0.1) is 0 Å². The second-order valence-electron chi connectivity index (χ2n) is 9.13. The second kappa shape index (κ2) is 11.7. The highest BCUT2D eigenvalue weighted by molar-refractivity contribution is 6.22. The van der Waals surface area contributed by atoms with Gasteiger partial charge in [-0.3, -0.25) is 9.69 Å². The molecule has 38 heavy (non-hydrogen) atoms. The van der Waals surface area contributed by atoms with E-state index in [-0.39, 0.29) is 11.8 Å². The van der Waals surface area contributed by atoms with Crippen LogP contribution in [0.4, 0.5) is 11.4 Å². The number of hydrogen-bond donors (Lipinski definition) is 2. The number of nitrogens with zero attached hydrogens (tertiary/aromatic N) is 3. The van der Waals surface area contributed by atoms with Crippen molar-refractivity contribution in [1.29, 1.82) is 0 Å². The molecule has 8 nitrogen and oxygen atoms in total. The third kappa shape index (κ3) is 5.76. The highest BCUT2D eigenvalue weighted by atomic mass is 16.5. The highest BCUT2D eigenvalue weighted by Crippen LogP contribution is 2.32. The van der Waals surface area contributed by atoms with Crippen LogP contribution in [0.2, 0.25) is 0 Å². The molecule has 0 fully saturated rings. The van der Waals surface area contributed by atoms with Crippen molar-refractivity contribution in [2.45, 2.75) is 13.3 Å². The molecule has 0 unspecified atom stereocenters. The van der Waals surface area contributed by atoms with E-state index < -0.39 is 5.97 Å². The van der Waals surface area contributed by atoms with Gasteiger partial charge < -0.3 is 19.7 Å². The van der Waals surface area contributed by atoms with Crippen molar-refractivity contribution in [3.63, 3.8) is 0 Å². The van der Waals surface area contributed by atoms with Gasteiger partial charge in [0.05, 0.1) is 36.2 Å². The van der Waals surface area contributed by atoms with E-state index in [0.717, 1.165) is 29.6 Å². The van der Waals surface area contributed by atoms with Crippen molar-refractivity contribution >= 4 is 39.9 Å². The van der Waals surface area contributed by atoms with Gasteiger partial charge in [-0.2, -0.15) is 0 Å². The second-order valence-corrected chi connectivity index (χ2v) is 9.13. The molecule has 3 aromatic carbocycles. The van der Waals surface area contributed by atoms with E-state index in [2.05, 4.69) is 11.9 Å². The predicted octanol–water partition coefficient (Wildman–Crippen LogP) is 5.13. The lowest BCUT2D eigenvalue weighted by molar-refractivity contribution is -0.119. The van der Waals surface area contributed by atoms with Crippen molar-refractivity contribution in [1.82, 2.24) is 9.88 Å². The smallest absolute Gasteiger partial charge is 0.337 e. The van der Waals surface area contributed by atoms with Crippen LogP contribution in [-0.2, 0) is 9.53 Å². The average Bonchev–Trinajstić information content (AvgIpc) is 3.26. The molecule has 0 atom stereocenters. The lowest BCUT2D eigenvalue weighted by atomic mass is 10.00. The molecule has 196 valence electrons. The van der Waals surface area contributed by atoms with Crippen LogP contribution in [0.1, 0.15) is 34.8 Å². The Labute approximate surface area is 222 Å². The van der Waals surface area contributed by atoms with Crippen LogP contribution in [0.3, 0.4) is 0 Å². The van der Waals surface area contributed by atoms with E-state index in [1.807, 2.05) is 66.5 Å². The number of aromatic amines is 1. The molecule has 0 aliphatic heterocycles. The lowest BCUT2D eigenvalue weighted by Gasteiger charge is -2.21. The zero-order valence-corrected chi connectivity index (χ0v) is 22.1. The van der Waals surface area contributed by atoms with Gasteiger partial charge in [-0.1, -0.05) is 43.3 Å². The molecule has 4 aromatic rings. The van der Waals surface area contributed by atoms with Crippen molar-refractivity contribution in [2.24, 2.45) is 4.99 Å². The molecule has 8 heteroatoms. The standard InChI is InChI=1S/C30H32N4O4/c1-5-17-33(2)19-26(35)34(3)23-14-12-22(13-15-23)31-28(20-9-7-6-8-10-20)27-24-16-11-21(30(37)38-4)18-25(24)32-29(27)36/h6-16,18,32,36H,5,17,19H2,1-4H3. The highest BCUT2D eigenvalue weighted by Gasteiger charge is 2.20. The van der Waals surface area contributed by atoms with Gasteiger partial charge in [-0.25, -0.2) is 9.79 Å². The molecule has 0 aliphatic carbocycles. The largest absolute Gasteiger partial charge is 0.494 e. The van der Waals surface area contributed by atoms with Crippen molar-refractivity contribution in [3.05, 3.63) is 89.5 Å². The fourth-order valence-electron chi connectivity index (χ4n) is 4.35. The Bertz CT molecular complexity index is 1460. The number of benzene rings is 3. The number of aromatic nitrogens is 1. The first-order valence-electron chi connectivity index (χ1n) is 12.4. The molecule has 0 spiro atoms. The summed E-state index contributed by atoms with van der Waals surface area (Å²) < 4.78 is 4.82. The zero-order chi connectivity index (χ0) is 27.2. The van der Waals surface area contributed by atoms with Gasteiger partial charge in [0.1, 0.15) is 0 Å². The van der Waals surface area contributed by atoms with Crippen LogP contribution >= 0.6 is 0 Å². The molecule has 0 saturated heterocycles. The Morgan fingerprint density at radius 1 is 0.974 bits per heavy atom. The minimum absolute atomic E-state index is 0.0113. The van der Waals surface area contributed by atoms with Crippen LogP contribution in [0, 0.1) is 0 Å². The number of aromatic hydroxyl groups is 1. The summed E-state index contributed by atoms with van der Waals surface area (Å²) in [7, 11) is 5.03. The Morgan fingerprint density at radius 3 is 2.34 bits per heavy atom. The van der Waals surface area contributed by atoms with Gasteiger partial charge in [0.15, 0.2) is 5.88 Å². The molecular weight excluding hydrogens is 480 g/mol. The van der Waals surface area contributed by atoms with E-state index in [0.29, 0.717) is 34.6 Å². The van der Waals surface area contributed by atoms with Gasteiger partial charge >= 0.3 is 5.97 Å². The number of nitrogens with one attached hydrogen (secondary N) is 1. The van der Waals surface area contributed by atoms with Crippen LogP contribution in [-0.4, -0.2) is 66.9 Å². The monoisotopic (exact) mass is 512 g/mol. The molecule has 0 aliphatic rings. The van der Waals surface area contributed by atoms with Crippen LogP contribution < -0.4 is 4.90 Å². The fourth-order valence-corrected chi connectivity index (χ4v) is 4.35. The zero-order valence-electron chi connectivity index (χ0n) is 22.1.